The van der Waals surface area contributed by atoms with Gasteiger partial charge in [0, 0.05) is 10.9 Å². The summed E-state index contributed by atoms with van der Waals surface area (Å²) in [6, 6.07) is 26.7. The topological polar surface area (TPSA) is 116 Å². The molecule has 0 bridgehead atoms. The quantitative estimate of drug-likeness (QED) is 0.156. The first kappa shape index (κ1) is 33.2. The largest absolute Gasteiger partial charge is 0.503 e. The van der Waals surface area contributed by atoms with Crippen LogP contribution in [0.5, 0.6) is 11.5 Å². The molecular formula is C40H33BrClN3O6. The van der Waals surface area contributed by atoms with E-state index >= 15 is 4.79 Å². The van der Waals surface area contributed by atoms with E-state index in [1.54, 1.807) is 36.4 Å². The Balaban J connectivity index is 1.34. The van der Waals surface area contributed by atoms with E-state index < -0.39 is 46.8 Å². The summed E-state index contributed by atoms with van der Waals surface area (Å²) in [6.07, 6.45) is 2.44. The van der Waals surface area contributed by atoms with Gasteiger partial charge in [-0.2, -0.15) is 5.01 Å². The molecule has 4 aromatic carbocycles. The molecule has 8 rings (SSSR count). The number of halogens is 2. The van der Waals surface area contributed by atoms with Gasteiger partial charge in [0.15, 0.2) is 11.5 Å². The van der Waals surface area contributed by atoms with E-state index in [2.05, 4.69) is 21.4 Å². The van der Waals surface area contributed by atoms with E-state index in [0.717, 1.165) is 16.1 Å². The first-order valence-electron chi connectivity index (χ1n) is 16.7. The highest BCUT2D eigenvalue weighted by Gasteiger charge is 2.70. The van der Waals surface area contributed by atoms with Gasteiger partial charge in [-0.05, 0) is 101 Å². The lowest BCUT2D eigenvalue weighted by Crippen LogP contribution is -2.53. The van der Waals surface area contributed by atoms with Gasteiger partial charge in [0.05, 0.1) is 46.1 Å². The van der Waals surface area contributed by atoms with Crippen LogP contribution in [0.1, 0.15) is 35.4 Å². The third-order valence-electron chi connectivity index (χ3n) is 11.1. The van der Waals surface area contributed by atoms with Crippen molar-refractivity contribution in [1.29, 1.82) is 0 Å². The number of hydrogen-bond acceptors (Lipinski definition) is 7. The van der Waals surface area contributed by atoms with Crippen molar-refractivity contribution in [3.8, 4) is 11.5 Å². The highest BCUT2D eigenvalue weighted by molar-refractivity contribution is 9.10. The van der Waals surface area contributed by atoms with Crippen LogP contribution in [0.3, 0.4) is 0 Å². The summed E-state index contributed by atoms with van der Waals surface area (Å²) in [4.78, 5) is 59.8. The Bertz CT molecular complexity index is 2140. The molecule has 0 spiro atoms. The third-order valence-corrected chi connectivity index (χ3v) is 11.9. The Morgan fingerprint density at radius 1 is 0.902 bits per heavy atom. The number of methoxy groups -OCH3 is 1. The summed E-state index contributed by atoms with van der Waals surface area (Å²) in [6.45, 7) is 1.95. The Morgan fingerprint density at radius 2 is 1.61 bits per heavy atom. The van der Waals surface area contributed by atoms with Crippen LogP contribution in [0.25, 0.3) is 0 Å². The van der Waals surface area contributed by atoms with Crippen LogP contribution < -0.4 is 15.1 Å². The Kier molecular flexibility index (Phi) is 8.07. The van der Waals surface area contributed by atoms with Gasteiger partial charge >= 0.3 is 0 Å². The lowest BCUT2D eigenvalue weighted by atomic mass is 9.49. The van der Waals surface area contributed by atoms with E-state index in [-0.39, 0.29) is 36.2 Å². The number of rotatable bonds is 6. The molecule has 3 fully saturated rings. The molecule has 2 N–H and O–H groups in total. The summed E-state index contributed by atoms with van der Waals surface area (Å²) in [5.74, 6) is -5.05. The van der Waals surface area contributed by atoms with Crippen LogP contribution in [0.4, 0.5) is 11.4 Å². The van der Waals surface area contributed by atoms with Crippen molar-refractivity contribution in [2.45, 2.75) is 31.1 Å². The molecule has 1 saturated carbocycles. The fourth-order valence-corrected chi connectivity index (χ4v) is 9.47. The van der Waals surface area contributed by atoms with Gasteiger partial charge in [0.25, 0.3) is 11.8 Å². The first-order valence-corrected chi connectivity index (χ1v) is 17.9. The number of allylic oxidation sites excluding steroid dienone is 2. The molecule has 4 amide bonds. The lowest BCUT2D eigenvalue weighted by Gasteiger charge is -2.50. The summed E-state index contributed by atoms with van der Waals surface area (Å²) in [7, 11) is 1.45. The fourth-order valence-electron chi connectivity index (χ4n) is 8.88. The van der Waals surface area contributed by atoms with Crippen LogP contribution >= 0.6 is 27.5 Å². The van der Waals surface area contributed by atoms with E-state index in [1.165, 1.54) is 12.0 Å². The van der Waals surface area contributed by atoms with E-state index in [4.69, 9.17) is 16.3 Å². The molecule has 2 heterocycles. The maximum atomic E-state index is 15.3. The predicted molar refractivity (Wildman–Crippen MR) is 195 cm³/mol. The van der Waals surface area contributed by atoms with Crippen molar-refractivity contribution in [2.24, 2.45) is 23.7 Å². The van der Waals surface area contributed by atoms with Crippen molar-refractivity contribution in [3.63, 3.8) is 0 Å². The highest BCUT2D eigenvalue weighted by atomic mass is 79.9. The van der Waals surface area contributed by atoms with Crippen molar-refractivity contribution >= 4 is 62.5 Å². The molecule has 4 aromatic rings. The summed E-state index contributed by atoms with van der Waals surface area (Å²) < 4.78 is 5.93. The average Bonchev–Trinajstić information content (AvgIpc) is 3.51. The molecule has 2 saturated heterocycles. The zero-order chi connectivity index (χ0) is 35.8. The SMILES string of the molecule is COc1cc(C2C3=CCC4C(=O)N(c5ccc(Cl)cc5)C(=O)C4C3CC3C(=O)N(Nc4ccc(C)cc4)C(=O)C32c2ccccc2)cc(Br)c1O. The highest BCUT2D eigenvalue weighted by Crippen LogP contribution is 2.64. The second-order valence-electron chi connectivity index (χ2n) is 13.6. The molecular weight excluding hydrogens is 734 g/mol. The fraction of sp³-hybridized carbons (Fsp3) is 0.250. The second-order valence-corrected chi connectivity index (χ2v) is 14.9. The monoisotopic (exact) mass is 765 g/mol. The number of imide groups is 2. The summed E-state index contributed by atoms with van der Waals surface area (Å²) in [5.41, 5.74) is 5.75. The Labute approximate surface area is 307 Å². The van der Waals surface area contributed by atoms with Crippen molar-refractivity contribution in [3.05, 3.63) is 129 Å². The zero-order valence-corrected chi connectivity index (χ0v) is 30.0. The maximum absolute atomic E-state index is 15.3. The Morgan fingerprint density at radius 3 is 2.29 bits per heavy atom. The van der Waals surface area contributed by atoms with E-state index in [1.807, 2.05) is 67.6 Å². The minimum Gasteiger partial charge on any atom is -0.503 e. The molecule has 0 radical (unpaired) electrons. The number of nitrogens with zero attached hydrogens (tertiary/aromatic N) is 2. The van der Waals surface area contributed by atoms with Gasteiger partial charge in [-0.15, -0.1) is 0 Å². The normalized spacial score (nSPS) is 26.8. The summed E-state index contributed by atoms with van der Waals surface area (Å²) >= 11 is 9.63. The predicted octanol–water partition coefficient (Wildman–Crippen LogP) is 7.31. The van der Waals surface area contributed by atoms with Gasteiger partial charge < -0.3 is 9.84 Å². The number of amides is 4. The maximum Gasteiger partial charge on any atom is 0.260 e. The number of carbonyl (C=O) groups excluding carboxylic acids is 4. The van der Waals surface area contributed by atoms with Crippen LogP contribution in [0, 0.1) is 30.6 Å². The van der Waals surface area contributed by atoms with Crippen LogP contribution in [-0.2, 0) is 24.6 Å². The molecule has 258 valence electrons. The number of aryl methyl sites for hydroxylation is 1. The van der Waals surface area contributed by atoms with E-state index in [0.29, 0.717) is 32.0 Å². The number of carbonyl (C=O) groups is 4. The van der Waals surface area contributed by atoms with Gasteiger partial charge in [-0.25, -0.2) is 0 Å². The summed E-state index contributed by atoms with van der Waals surface area (Å²) in [5, 5.41) is 12.5. The molecule has 2 aliphatic carbocycles. The minimum absolute atomic E-state index is 0.108. The van der Waals surface area contributed by atoms with Gasteiger partial charge in [0.1, 0.15) is 0 Å². The second kappa shape index (κ2) is 12.4. The first-order chi connectivity index (χ1) is 24.6. The van der Waals surface area contributed by atoms with Crippen LogP contribution in [0.15, 0.2) is 107 Å². The van der Waals surface area contributed by atoms with Crippen molar-refractivity contribution < 1.29 is 29.0 Å². The molecule has 11 heteroatoms. The molecule has 4 aliphatic rings. The number of aromatic hydroxyl groups is 1. The molecule has 6 atom stereocenters. The van der Waals surface area contributed by atoms with Crippen molar-refractivity contribution in [1.82, 2.24) is 5.01 Å². The molecule has 51 heavy (non-hydrogen) atoms. The number of hydrogen-bond donors (Lipinski definition) is 2. The number of anilines is 2. The average molecular weight is 767 g/mol. The minimum atomic E-state index is -1.45. The van der Waals surface area contributed by atoms with Crippen LogP contribution in [0.2, 0.25) is 5.02 Å². The number of phenolic OH excluding ortho intramolecular Hbond substituents is 1. The van der Waals surface area contributed by atoms with Gasteiger partial charge in [-0.3, -0.25) is 29.5 Å². The van der Waals surface area contributed by atoms with Gasteiger partial charge in [-0.1, -0.05) is 71.3 Å². The molecule has 9 nitrogen and oxygen atoms in total. The molecule has 2 aliphatic heterocycles. The number of phenols is 1. The molecule has 6 unspecified atom stereocenters. The zero-order valence-electron chi connectivity index (χ0n) is 27.7. The number of hydrazine groups is 1. The third kappa shape index (κ3) is 4.94. The Hall–Kier alpha value is -4.93. The van der Waals surface area contributed by atoms with Crippen LogP contribution in [-0.4, -0.2) is 40.9 Å². The molecule has 0 aromatic heterocycles. The number of fused-ring (bicyclic) bond motifs is 4. The standard InChI is InChI=1S/C40H33BrClN3O6/c1-21-8-12-25(13-9-21)43-45-37(48)30-20-29-27(16-17-28-33(29)38(49)44(36(28)47)26-14-10-24(42)11-15-26)34(22-18-31(41)35(46)32(19-22)51-2)40(30,39(45)50)23-6-4-3-5-7-23/h3-16,18-19,28-30,33-34,43,46H,17,20H2,1-2H3. The smallest absolute Gasteiger partial charge is 0.260 e. The number of nitrogens with one attached hydrogen (secondary N) is 1. The number of benzene rings is 4. The van der Waals surface area contributed by atoms with Gasteiger partial charge in [0.2, 0.25) is 11.8 Å². The van der Waals surface area contributed by atoms with Crippen molar-refractivity contribution in [2.75, 3.05) is 17.4 Å². The number of ether oxygens (including phenoxy) is 1. The lowest BCUT2D eigenvalue weighted by molar-refractivity contribution is -0.138. The van der Waals surface area contributed by atoms with E-state index in [9.17, 15) is 19.5 Å².